The van der Waals surface area contributed by atoms with Gasteiger partial charge in [-0.3, -0.25) is 0 Å². The van der Waals surface area contributed by atoms with Crippen LogP contribution in [-0.4, -0.2) is 22.4 Å². The summed E-state index contributed by atoms with van der Waals surface area (Å²) in [6.07, 6.45) is 0. The summed E-state index contributed by atoms with van der Waals surface area (Å²) in [5.74, 6) is 0. The summed E-state index contributed by atoms with van der Waals surface area (Å²) in [6.45, 7) is 0. The Morgan fingerprint density at radius 1 is 1.00 bits per heavy atom. The standard InChI is InChI=1S/BH3O3.Nb.H3P/c2-1(3)4;;/h2-4H;;1H3. The molecular weight excluding hydrogens is 183 g/mol. The maximum Gasteiger partial charge on any atom is 0.631 e. The molecule has 3 N–H and O–H groups in total. The van der Waals surface area contributed by atoms with Gasteiger partial charge >= 0.3 is 7.32 Å². The van der Waals surface area contributed by atoms with Crippen LogP contribution in [0.5, 0.6) is 0 Å². The summed E-state index contributed by atoms with van der Waals surface area (Å²) < 4.78 is 0. The number of hydrogen-bond acceptors (Lipinski definition) is 3. The SMILES string of the molecule is OB(O)O.P.[Nb]. The van der Waals surface area contributed by atoms with E-state index in [0.29, 0.717) is 0 Å². The Balaban J connectivity index is -0.0000000450. The first-order chi connectivity index (χ1) is 1.73. The molecule has 0 spiro atoms. The molecule has 1 radical (unpaired) electrons. The zero-order valence-corrected chi connectivity index (χ0v) is 6.69. The molecule has 1 atom stereocenters. The van der Waals surface area contributed by atoms with Gasteiger partial charge in [-0.25, -0.2) is 0 Å². The minimum absolute atomic E-state index is 0. The minimum Gasteiger partial charge on any atom is -0.402 e. The summed E-state index contributed by atoms with van der Waals surface area (Å²) in [5, 5.41) is 21.5. The second-order valence-corrected chi connectivity index (χ2v) is 0.346. The minimum atomic E-state index is -2.17. The Bertz CT molecular complexity index is 15.5. The van der Waals surface area contributed by atoms with E-state index in [9.17, 15) is 0 Å². The van der Waals surface area contributed by atoms with Crippen molar-refractivity contribution in [2.75, 3.05) is 0 Å². The maximum atomic E-state index is 7.17. The van der Waals surface area contributed by atoms with E-state index < -0.39 is 7.32 Å². The molecule has 0 aromatic carbocycles. The molecule has 0 aromatic heterocycles. The average Bonchev–Trinajstić information content (AvgIpc) is 0.811. The fourth-order valence-electron chi connectivity index (χ4n) is 0. The largest absolute Gasteiger partial charge is 0.631 e. The maximum absolute atomic E-state index is 7.17. The summed E-state index contributed by atoms with van der Waals surface area (Å²) in [5.41, 5.74) is 0. The van der Waals surface area contributed by atoms with Crippen LogP contribution in [-0.2, 0) is 22.4 Å². The molecule has 37 valence electrons. The molecule has 0 aliphatic rings. The third kappa shape index (κ3) is 69.7. The zero-order valence-electron chi connectivity index (χ0n) is 3.07. The van der Waals surface area contributed by atoms with E-state index in [4.69, 9.17) is 15.1 Å². The van der Waals surface area contributed by atoms with Crippen molar-refractivity contribution >= 4 is 17.2 Å². The predicted molar refractivity (Wildman–Crippen MR) is 23.5 cm³/mol. The second-order valence-electron chi connectivity index (χ2n) is 0.346. The third-order valence-corrected chi connectivity index (χ3v) is 0. The Morgan fingerprint density at radius 2 is 1.00 bits per heavy atom. The van der Waals surface area contributed by atoms with Gasteiger partial charge in [-0.2, -0.15) is 9.90 Å². The summed E-state index contributed by atoms with van der Waals surface area (Å²) in [4.78, 5) is 0. The van der Waals surface area contributed by atoms with Gasteiger partial charge in [0.05, 0.1) is 0 Å². The molecule has 0 aliphatic heterocycles. The van der Waals surface area contributed by atoms with Crippen molar-refractivity contribution in [1.82, 2.24) is 0 Å². The van der Waals surface area contributed by atoms with Gasteiger partial charge in [0.2, 0.25) is 0 Å². The van der Waals surface area contributed by atoms with Gasteiger partial charge in [0, 0.05) is 22.4 Å². The molecule has 0 aliphatic carbocycles. The normalized spacial score (nSPS) is 4.50. The van der Waals surface area contributed by atoms with E-state index >= 15 is 0 Å². The van der Waals surface area contributed by atoms with Crippen molar-refractivity contribution in [3.63, 3.8) is 0 Å². The molecule has 1 unspecified atom stereocenters. The molecule has 0 saturated heterocycles. The van der Waals surface area contributed by atoms with Crippen molar-refractivity contribution in [2.24, 2.45) is 0 Å². The van der Waals surface area contributed by atoms with Crippen molar-refractivity contribution in [3.05, 3.63) is 0 Å². The Kier molecular flexibility index (Phi) is 24.7. The van der Waals surface area contributed by atoms with Gasteiger partial charge in [0.25, 0.3) is 0 Å². The summed E-state index contributed by atoms with van der Waals surface area (Å²) in [7, 11) is -2.17. The van der Waals surface area contributed by atoms with Gasteiger partial charge in [-0.1, -0.05) is 0 Å². The quantitative estimate of drug-likeness (QED) is 0.305. The van der Waals surface area contributed by atoms with Crippen molar-refractivity contribution in [3.8, 4) is 0 Å². The van der Waals surface area contributed by atoms with Crippen molar-refractivity contribution in [2.45, 2.75) is 0 Å². The van der Waals surface area contributed by atoms with Gasteiger partial charge in [0.15, 0.2) is 0 Å². The monoisotopic (exact) mass is 189 g/mol. The summed E-state index contributed by atoms with van der Waals surface area (Å²) in [6, 6.07) is 0. The fraction of sp³-hybridized carbons (Fsp3) is 0. The smallest absolute Gasteiger partial charge is 0.402 e. The number of hydrogen-bond donors (Lipinski definition) is 3. The Labute approximate surface area is 55.1 Å². The first kappa shape index (κ1) is 15.7. The topological polar surface area (TPSA) is 60.7 Å². The van der Waals surface area contributed by atoms with E-state index in [1.807, 2.05) is 0 Å². The molecule has 0 aromatic rings. The van der Waals surface area contributed by atoms with E-state index in [2.05, 4.69) is 0 Å². The molecule has 6 heteroatoms. The van der Waals surface area contributed by atoms with Gasteiger partial charge in [-0.05, 0) is 0 Å². The Hall–Kier alpha value is 1.12. The Morgan fingerprint density at radius 3 is 1.00 bits per heavy atom. The average molecular weight is 189 g/mol. The van der Waals surface area contributed by atoms with E-state index in [-0.39, 0.29) is 32.3 Å². The van der Waals surface area contributed by atoms with Crippen LogP contribution >= 0.6 is 9.90 Å². The van der Waals surface area contributed by atoms with Crippen LogP contribution in [0.25, 0.3) is 0 Å². The third-order valence-electron chi connectivity index (χ3n) is 0. The molecule has 3 nitrogen and oxygen atoms in total. The van der Waals surface area contributed by atoms with Crippen LogP contribution in [0.2, 0.25) is 0 Å². The first-order valence-corrected chi connectivity index (χ1v) is 0.775. The predicted octanol–water partition coefficient (Wildman–Crippen LogP) is -2.00. The summed E-state index contributed by atoms with van der Waals surface area (Å²) >= 11 is 0. The second kappa shape index (κ2) is 9.45. The van der Waals surface area contributed by atoms with Gasteiger partial charge in [0.1, 0.15) is 0 Å². The van der Waals surface area contributed by atoms with Crippen molar-refractivity contribution in [1.29, 1.82) is 0 Å². The van der Waals surface area contributed by atoms with Crippen LogP contribution in [0.3, 0.4) is 0 Å². The molecule has 0 bridgehead atoms. The first-order valence-electron chi connectivity index (χ1n) is 0.775. The molecule has 0 heterocycles. The van der Waals surface area contributed by atoms with Crippen LogP contribution < -0.4 is 0 Å². The molecule has 6 heavy (non-hydrogen) atoms. The van der Waals surface area contributed by atoms with Crippen LogP contribution in [0.1, 0.15) is 0 Å². The van der Waals surface area contributed by atoms with Gasteiger partial charge in [-0.15, -0.1) is 0 Å². The van der Waals surface area contributed by atoms with E-state index in [0.717, 1.165) is 0 Å². The van der Waals surface area contributed by atoms with Crippen LogP contribution in [0.4, 0.5) is 0 Å². The number of rotatable bonds is 0. The van der Waals surface area contributed by atoms with Crippen molar-refractivity contribution < 1.29 is 37.5 Å². The zero-order chi connectivity index (χ0) is 3.58. The fourth-order valence-corrected chi connectivity index (χ4v) is 0. The van der Waals surface area contributed by atoms with E-state index in [1.54, 1.807) is 0 Å². The molecule has 0 fully saturated rings. The molecular formula is H6BNbO3P. The van der Waals surface area contributed by atoms with E-state index in [1.165, 1.54) is 0 Å². The van der Waals surface area contributed by atoms with Gasteiger partial charge < -0.3 is 15.1 Å². The van der Waals surface area contributed by atoms with Crippen LogP contribution in [0, 0.1) is 0 Å². The molecule has 0 rings (SSSR count). The molecule has 0 amide bonds. The molecule has 0 saturated carbocycles. The van der Waals surface area contributed by atoms with Crippen LogP contribution in [0.15, 0.2) is 0 Å².